The molecule has 0 radical (unpaired) electrons. The molecule has 1 saturated carbocycles. The zero-order chi connectivity index (χ0) is 20.3. The number of ketones is 1. The van der Waals surface area contributed by atoms with Crippen molar-refractivity contribution in [3.05, 3.63) is 29.3 Å². The molecule has 0 aromatic heterocycles. The lowest BCUT2D eigenvalue weighted by atomic mass is 9.81. The van der Waals surface area contributed by atoms with Crippen LogP contribution in [0.25, 0.3) is 0 Å². The number of benzene rings is 1. The number of likely N-dealkylation sites (tertiary alicyclic amines) is 1. The lowest BCUT2D eigenvalue weighted by Gasteiger charge is -2.39. The van der Waals surface area contributed by atoms with Gasteiger partial charge in [0.2, 0.25) is 0 Å². The van der Waals surface area contributed by atoms with Crippen molar-refractivity contribution in [3.63, 3.8) is 0 Å². The zero-order valence-electron chi connectivity index (χ0n) is 18.3. The molecule has 1 N–H and O–H groups in total. The maximum atomic E-state index is 13.2. The molecular weight excluding hydrogens is 346 g/mol. The Kier molecular flexibility index (Phi) is 6.85. The maximum Gasteiger partial charge on any atom is 0.169 e. The lowest BCUT2D eigenvalue weighted by molar-refractivity contribution is 0.0829. The number of carbonyl (C=O) groups is 1. The number of hydrogen-bond acceptors (Lipinski definition) is 3. The average Bonchev–Trinajstić information content (AvgIpc) is 2.60. The molecule has 1 aliphatic heterocycles. The van der Waals surface area contributed by atoms with Crippen LogP contribution in [0.3, 0.4) is 0 Å². The number of aromatic hydroxyl groups is 1. The zero-order valence-corrected chi connectivity index (χ0v) is 18.3. The third-order valence-electron chi connectivity index (χ3n) is 6.89. The summed E-state index contributed by atoms with van der Waals surface area (Å²) < 4.78 is 0. The van der Waals surface area contributed by atoms with E-state index in [4.69, 9.17) is 0 Å². The number of piperidine rings is 1. The molecule has 156 valence electrons. The highest BCUT2D eigenvalue weighted by molar-refractivity contribution is 6.00. The van der Waals surface area contributed by atoms with E-state index in [1.54, 1.807) is 6.07 Å². The van der Waals surface area contributed by atoms with Gasteiger partial charge in [-0.15, -0.1) is 0 Å². The Hall–Kier alpha value is -1.35. The van der Waals surface area contributed by atoms with Gasteiger partial charge in [-0.1, -0.05) is 46.6 Å². The molecule has 1 aliphatic carbocycles. The highest BCUT2D eigenvalue weighted by atomic mass is 16.3. The molecule has 1 aromatic carbocycles. The third kappa shape index (κ3) is 5.17. The van der Waals surface area contributed by atoms with Gasteiger partial charge >= 0.3 is 0 Å². The Morgan fingerprint density at radius 2 is 1.79 bits per heavy atom. The fourth-order valence-electron chi connectivity index (χ4n) is 5.06. The van der Waals surface area contributed by atoms with E-state index in [2.05, 4.69) is 32.6 Å². The molecule has 2 fully saturated rings. The van der Waals surface area contributed by atoms with E-state index < -0.39 is 0 Å². The highest BCUT2D eigenvalue weighted by Gasteiger charge is 2.29. The van der Waals surface area contributed by atoms with Crippen molar-refractivity contribution in [2.45, 2.75) is 90.5 Å². The first-order chi connectivity index (χ1) is 13.3. The smallest absolute Gasteiger partial charge is 0.169 e. The van der Waals surface area contributed by atoms with Crippen molar-refractivity contribution in [3.8, 4) is 5.75 Å². The standard InChI is InChI=1S/C25H39NO2/c1-18-8-7-15-26(17-18)21-10-6-5-9-19(11-13-21)24(28)22-14-12-20(16-23(22)27)25(2,3)4/h12,14,16,18-19,21,27H,5-11,13,15,17H2,1-4H3. The fraction of sp³-hybridized carbons (Fsp3) is 0.720. The molecule has 3 heteroatoms. The van der Waals surface area contributed by atoms with E-state index in [0.29, 0.717) is 11.6 Å². The largest absolute Gasteiger partial charge is 0.507 e. The Morgan fingerprint density at radius 3 is 2.46 bits per heavy atom. The lowest BCUT2D eigenvalue weighted by Crippen LogP contribution is -2.42. The van der Waals surface area contributed by atoms with Crippen LogP contribution in [0.1, 0.15) is 95.0 Å². The monoisotopic (exact) mass is 385 g/mol. The predicted molar refractivity (Wildman–Crippen MR) is 116 cm³/mol. The van der Waals surface area contributed by atoms with Crippen LogP contribution in [0, 0.1) is 11.8 Å². The van der Waals surface area contributed by atoms with E-state index in [1.165, 1.54) is 38.8 Å². The summed E-state index contributed by atoms with van der Waals surface area (Å²) in [5.41, 5.74) is 1.55. The molecule has 0 bridgehead atoms. The summed E-state index contributed by atoms with van der Waals surface area (Å²) in [6, 6.07) is 6.28. The number of Topliss-reactive ketones (excluding diaryl/α,β-unsaturated/α-hetero) is 1. The van der Waals surface area contributed by atoms with Gasteiger partial charge in [0, 0.05) is 18.5 Å². The molecule has 2 aliphatic rings. The molecule has 1 aromatic rings. The quantitative estimate of drug-likeness (QED) is 0.654. The van der Waals surface area contributed by atoms with Gasteiger partial charge in [-0.05, 0) is 74.1 Å². The minimum absolute atomic E-state index is 0.0297. The second-order valence-electron chi connectivity index (χ2n) is 10.3. The number of hydrogen-bond donors (Lipinski definition) is 1. The topological polar surface area (TPSA) is 40.5 Å². The minimum Gasteiger partial charge on any atom is -0.507 e. The van der Waals surface area contributed by atoms with E-state index in [0.717, 1.165) is 37.2 Å². The van der Waals surface area contributed by atoms with Crippen molar-refractivity contribution in [2.75, 3.05) is 13.1 Å². The van der Waals surface area contributed by atoms with Crippen LogP contribution in [0.4, 0.5) is 0 Å². The van der Waals surface area contributed by atoms with Crippen LogP contribution in [0.5, 0.6) is 5.75 Å². The normalized spacial score (nSPS) is 27.8. The van der Waals surface area contributed by atoms with Gasteiger partial charge < -0.3 is 10.0 Å². The van der Waals surface area contributed by atoms with Gasteiger partial charge in [0.25, 0.3) is 0 Å². The summed E-state index contributed by atoms with van der Waals surface area (Å²) in [7, 11) is 0. The summed E-state index contributed by atoms with van der Waals surface area (Å²) in [6.07, 6.45) is 9.31. The Bertz CT molecular complexity index is 676. The number of nitrogens with zero attached hydrogens (tertiary/aromatic N) is 1. The van der Waals surface area contributed by atoms with Gasteiger partial charge in [-0.3, -0.25) is 4.79 Å². The number of rotatable bonds is 3. The first kappa shape index (κ1) is 21.4. The van der Waals surface area contributed by atoms with E-state index in [1.807, 2.05) is 12.1 Å². The van der Waals surface area contributed by atoms with Crippen molar-refractivity contribution in [2.24, 2.45) is 11.8 Å². The van der Waals surface area contributed by atoms with Crippen LogP contribution in [-0.4, -0.2) is 34.9 Å². The Morgan fingerprint density at radius 1 is 1.04 bits per heavy atom. The van der Waals surface area contributed by atoms with Crippen molar-refractivity contribution < 1.29 is 9.90 Å². The highest BCUT2D eigenvalue weighted by Crippen LogP contribution is 2.33. The first-order valence-corrected chi connectivity index (χ1v) is 11.4. The van der Waals surface area contributed by atoms with Crippen LogP contribution in [0.15, 0.2) is 18.2 Å². The predicted octanol–water partition coefficient (Wildman–Crippen LogP) is 5.94. The molecule has 3 nitrogen and oxygen atoms in total. The van der Waals surface area contributed by atoms with Crippen LogP contribution >= 0.6 is 0 Å². The van der Waals surface area contributed by atoms with Gasteiger partial charge in [-0.25, -0.2) is 0 Å². The third-order valence-corrected chi connectivity index (χ3v) is 6.89. The van der Waals surface area contributed by atoms with Crippen LogP contribution < -0.4 is 0 Å². The number of phenolic OH excluding ortho intramolecular Hbond substituents is 1. The SMILES string of the molecule is CC1CCCN(C2CCCCC(C(=O)c3ccc(C(C)(C)C)cc3O)CC2)C1. The Labute approximate surface area is 171 Å². The summed E-state index contributed by atoms with van der Waals surface area (Å²) in [6.45, 7) is 11.2. The van der Waals surface area contributed by atoms with Crippen molar-refractivity contribution in [1.82, 2.24) is 4.90 Å². The van der Waals surface area contributed by atoms with Gasteiger partial charge in [0.1, 0.15) is 5.75 Å². The summed E-state index contributed by atoms with van der Waals surface area (Å²) in [4.78, 5) is 15.9. The molecule has 3 rings (SSSR count). The fourth-order valence-corrected chi connectivity index (χ4v) is 5.06. The number of phenols is 1. The molecule has 3 atom stereocenters. The van der Waals surface area contributed by atoms with Crippen molar-refractivity contribution in [1.29, 1.82) is 0 Å². The average molecular weight is 386 g/mol. The second-order valence-corrected chi connectivity index (χ2v) is 10.3. The van der Waals surface area contributed by atoms with E-state index in [-0.39, 0.29) is 22.9 Å². The van der Waals surface area contributed by atoms with Crippen LogP contribution in [0.2, 0.25) is 0 Å². The van der Waals surface area contributed by atoms with E-state index >= 15 is 0 Å². The molecule has 0 amide bonds. The molecule has 3 unspecified atom stereocenters. The summed E-state index contributed by atoms with van der Waals surface area (Å²) in [5.74, 6) is 1.15. The Balaban J connectivity index is 1.68. The van der Waals surface area contributed by atoms with E-state index in [9.17, 15) is 9.90 Å². The molecule has 0 spiro atoms. The number of carbonyl (C=O) groups excluding carboxylic acids is 1. The first-order valence-electron chi connectivity index (χ1n) is 11.4. The van der Waals surface area contributed by atoms with Crippen molar-refractivity contribution >= 4 is 5.78 Å². The molecule has 1 heterocycles. The molecule has 28 heavy (non-hydrogen) atoms. The summed E-state index contributed by atoms with van der Waals surface area (Å²) >= 11 is 0. The minimum atomic E-state index is -0.0297. The van der Waals surface area contributed by atoms with Gasteiger partial charge in [-0.2, -0.15) is 0 Å². The van der Waals surface area contributed by atoms with Crippen LogP contribution in [-0.2, 0) is 5.41 Å². The maximum absolute atomic E-state index is 13.2. The molecule has 1 saturated heterocycles. The summed E-state index contributed by atoms with van der Waals surface area (Å²) in [5, 5.41) is 10.5. The van der Waals surface area contributed by atoms with Gasteiger partial charge in [0.15, 0.2) is 5.78 Å². The molecular formula is C25H39NO2. The second kappa shape index (κ2) is 8.98. The van der Waals surface area contributed by atoms with Gasteiger partial charge in [0.05, 0.1) is 5.56 Å².